The SMILES string of the molecule is Cl.[2H]C1([2H])N(C(=N)CC(O)COc2ccccc2-c2ccccc2)C([2H])([2H])C([2H])([2H])C([2H])([2H])C1([2H])[2H]. The van der Waals surface area contributed by atoms with Gasteiger partial charge in [0, 0.05) is 38.7 Å². The second kappa shape index (κ2) is 10.2. The Kier molecular flexibility index (Phi) is 4.05. The Bertz CT molecular complexity index is 1060. The van der Waals surface area contributed by atoms with E-state index in [9.17, 15) is 5.11 Å². The van der Waals surface area contributed by atoms with Crippen molar-refractivity contribution in [2.75, 3.05) is 19.6 Å². The van der Waals surface area contributed by atoms with Crippen molar-refractivity contribution in [3.8, 4) is 16.9 Å². The van der Waals surface area contributed by atoms with Gasteiger partial charge in [-0.3, -0.25) is 5.41 Å². The number of likely N-dealkylation sites (tertiary alicyclic amines) is 1. The molecule has 0 amide bonds. The van der Waals surface area contributed by atoms with Gasteiger partial charge >= 0.3 is 0 Å². The first-order chi connectivity index (χ1) is 16.0. The molecule has 1 saturated heterocycles. The van der Waals surface area contributed by atoms with Gasteiger partial charge in [0.25, 0.3) is 0 Å². The predicted octanol–water partition coefficient (Wildman–Crippen LogP) is 4.37. The van der Waals surface area contributed by atoms with Crippen LogP contribution < -0.4 is 4.74 Å². The highest BCUT2D eigenvalue weighted by Gasteiger charge is 2.17. The smallest absolute Gasteiger partial charge is 0.127 e. The molecule has 2 N–H and O–H groups in total. The Balaban J connectivity index is 0.00000456. The number of rotatable bonds is 6. The number of piperidine rings is 1. The molecule has 0 aliphatic carbocycles. The molecule has 1 aliphatic rings. The summed E-state index contributed by atoms with van der Waals surface area (Å²) in [6.07, 6.45) is -12.8. The maximum atomic E-state index is 10.5. The highest BCUT2D eigenvalue weighted by atomic mass is 35.5. The molecule has 26 heavy (non-hydrogen) atoms. The molecule has 3 rings (SSSR count). The van der Waals surface area contributed by atoms with E-state index in [0.29, 0.717) is 5.75 Å². The van der Waals surface area contributed by atoms with Crippen molar-refractivity contribution < 1.29 is 23.6 Å². The van der Waals surface area contributed by atoms with E-state index in [0.717, 1.165) is 11.1 Å². The standard InChI is InChI=1S/C21H26N2O2.ClH/c22-21(23-13-7-2-8-14-23)15-18(24)16-25-20-12-6-5-11-19(20)17-9-3-1-4-10-17;/h1,3-6,9-12,18,22,24H,2,7-8,13-16H2;1H/i2D2,7D2,8D2,13D2,14D2;. The highest BCUT2D eigenvalue weighted by Crippen LogP contribution is 2.29. The molecule has 1 aliphatic heterocycles. The quantitative estimate of drug-likeness (QED) is 0.574. The van der Waals surface area contributed by atoms with Gasteiger partial charge in [0.15, 0.2) is 0 Å². The topological polar surface area (TPSA) is 56.6 Å². The predicted molar refractivity (Wildman–Crippen MR) is 108 cm³/mol. The first kappa shape index (κ1) is 10.3. The third kappa shape index (κ3) is 5.48. The van der Waals surface area contributed by atoms with Gasteiger partial charge in [-0.05, 0) is 30.7 Å². The first-order valence-electron chi connectivity index (χ1n) is 12.8. The average molecular weight is 385 g/mol. The van der Waals surface area contributed by atoms with Crippen LogP contribution in [0.5, 0.6) is 5.75 Å². The second-order valence-corrected chi connectivity index (χ2v) is 5.41. The number of aliphatic hydroxyl groups is 1. The summed E-state index contributed by atoms with van der Waals surface area (Å²) in [6.45, 7) is -7.25. The first-order valence-corrected chi connectivity index (χ1v) is 7.83. The van der Waals surface area contributed by atoms with Gasteiger partial charge < -0.3 is 14.7 Å². The lowest BCUT2D eigenvalue weighted by atomic mass is 10.0. The minimum Gasteiger partial charge on any atom is -0.490 e. The molecular weight excluding hydrogens is 348 g/mol. The van der Waals surface area contributed by atoms with Crippen molar-refractivity contribution in [2.45, 2.75) is 31.6 Å². The normalized spacial score (nSPS) is 30.4. The maximum absolute atomic E-state index is 10.5. The number of hydrogen-bond acceptors (Lipinski definition) is 3. The van der Waals surface area contributed by atoms with Crippen LogP contribution >= 0.6 is 12.4 Å². The van der Waals surface area contributed by atoms with E-state index in [1.165, 1.54) is 0 Å². The third-order valence-electron chi connectivity index (χ3n) is 3.56. The Labute approximate surface area is 175 Å². The zero-order valence-corrected chi connectivity index (χ0v) is 14.7. The molecule has 0 bridgehead atoms. The lowest BCUT2D eigenvalue weighted by molar-refractivity contribution is 0.110. The molecule has 2 aromatic rings. The summed E-state index contributed by atoms with van der Waals surface area (Å²) in [4.78, 5) is -0.0531. The number of nitrogens with one attached hydrogen (secondary N) is 1. The van der Waals surface area contributed by atoms with Crippen molar-refractivity contribution in [1.82, 2.24) is 4.90 Å². The van der Waals surface area contributed by atoms with Gasteiger partial charge in [-0.15, -0.1) is 12.4 Å². The molecule has 1 unspecified atom stereocenters. The van der Waals surface area contributed by atoms with Gasteiger partial charge in [0.2, 0.25) is 0 Å². The Morgan fingerprint density at radius 3 is 2.46 bits per heavy atom. The molecular formula is C21H27ClN2O2. The molecule has 2 aromatic carbocycles. The second-order valence-electron chi connectivity index (χ2n) is 5.41. The number of ether oxygens (including phenoxy) is 1. The highest BCUT2D eigenvalue weighted by molar-refractivity contribution is 5.85. The fourth-order valence-electron chi connectivity index (χ4n) is 2.37. The number of halogens is 1. The fourth-order valence-corrected chi connectivity index (χ4v) is 2.37. The van der Waals surface area contributed by atoms with Crippen molar-refractivity contribution >= 4 is 18.2 Å². The van der Waals surface area contributed by atoms with E-state index in [4.69, 9.17) is 23.9 Å². The monoisotopic (exact) mass is 384 g/mol. The minimum atomic E-state index is -3.56. The molecule has 0 saturated carbocycles. The Morgan fingerprint density at radius 1 is 1.08 bits per heavy atom. The van der Waals surface area contributed by atoms with Gasteiger partial charge in [-0.1, -0.05) is 48.5 Å². The van der Waals surface area contributed by atoms with Gasteiger partial charge in [-0.2, -0.15) is 0 Å². The van der Waals surface area contributed by atoms with Crippen LogP contribution in [0, 0.1) is 5.41 Å². The molecule has 0 aromatic heterocycles. The van der Waals surface area contributed by atoms with Crippen LogP contribution in [0.4, 0.5) is 0 Å². The van der Waals surface area contributed by atoms with Crippen LogP contribution in [-0.2, 0) is 0 Å². The van der Waals surface area contributed by atoms with Gasteiger partial charge in [-0.25, -0.2) is 0 Å². The summed E-state index contributed by atoms with van der Waals surface area (Å²) >= 11 is 0. The summed E-state index contributed by atoms with van der Waals surface area (Å²) < 4.78 is 85.7. The molecule has 5 heteroatoms. The lowest BCUT2D eigenvalue weighted by Crippen LogP contribution is -2.37. The van der Waals surface area contributed by atoms with Crippen LogP contribution in [0.1, 0.15) is 39.2 Å². The molecule has 4 nitrogen and oxygen atoms in total. The van der Waals surface area contributed by atoms with Crippen LogP contribution in [0.2, 0.25) is 0 Å². The molecule has 140 valence electrons. The van der Waals surface area contributed by atoms with Crippen LogP contribution in [-0.4, -0.2) is 41.5 Å². The summed E-state index contributed by atoms with van der Waals surface area (Å²) in [7, 11) is 0. The largest absolute Gasteiger partial charge is 0.490 e. The van der Waals surface area contributed by atoms with Crippen LogP contribution in [0.3, 0.4) is 0 Å². The lowest BCUT2D eigenvalue weighted by Gasteiger charge is -2.29. The summed E-state index contributed by atoms with van der Waals surface area (Å²) in [5.74, 6) is -0.510. The maximum Gasteiger partial charge on any atom is 0.127 e. The number of aliphatic hydroxyl groups excluding tert-OH is 1. The molecule has 0 radical (unpaired) electrons. The van der Waals surface area contributed by atoms with Crippen LogP contribution in [0.15, 0.2) is 54.6 Å². The molecule has 1 fully saturated rings. The molecule has 0 spiro atoms. The zero-order valence-electron chi connectivity index (χ0n) is 23.9. The number of amidine groups is 1. The van der Waals surface area contributed by atoms with E-state index < -0.39 is 50.5 Å². The number of para-hydroxylation sites is 1. The van der Waals surface area contributed by atoms with Crippen molar-refractivity contribution in [3.63, 3.8) is 0 Å². The summed E-state index contributed by atoms with van der Waals surface area (Å²) in [6, 6.07) is 16.3. The van der Waals surface area contributed by atoms with E-state index in [1.54, 1.807) is 12.1 Å². The number of nitrogens with zero attached hydrogens (tertiary/aromatic N) is 1. The van der Waals surface area contributed by atoms with Gasteiger partial charge in [0.1, 0.15) is 12.4 Å². The van der Waals surface area contributed by atoms with Gasteiger partial charge in [0.05, 0.1) is 11.9 Å². The summed E-state index contributed by atoms with van der Waals surface area (Å²) in [5.41, 5.74) is 1.60. The molecule has 1 atom stereocenters. The van der Waals surface area contributed by atoms with E-state index in [1.807, 2.05) is 42.5 Å². The third-order valence-corrected chi connectivity index (χ3v) is 3.56. The molecule has 1 heterocycles. The van der Waals surface area contributed by atoms with Crippen molar-refractivity contribution in [2.24, 2.45) is 0 Å². The van der Waals surface area contributed by atoms with E-state index >= 15 is 0 Å². The van der Waals surface area contributed by atoms with Crippen molar-refractivity contribution in [1.29, 1.82) is 5.41 Å². The average Bonchev–Trinajstić information content (AvgIpc) is 2.77. The fraction of sp³-hybridized carbons (Fsp3) is 0.381. The van der Waals surface area contributed by atoms with E-state index in [2.05, 4.69) is 0 Å². The zero-order chi connectivity index (χ0) is 26.4. The summed E-state index contributed by atoms with van der Waals surface area (Å²) in [5, 5.41) is 18.7. The Hall–Kier alpha value is -2.04. The van der Waals surface area contributed by atoms with Crippen molar-refractivity contribution in [3.05, 3.63) is 54.6 Å². The van der Waals surface area contributed by atoms with Crippen LogP contribution in [0.25, 0.3) is 11.1 Å². The minimum absolute atomic E-state index is 0. The number of benzene rings is 2. The number of hydrogen-bond donors (Lipinski definition) is 2. The van der Waals surface area contributed by atoms with E-state index in [-0.39, 0.29) is 23.9 Å². The Morgan fingerprint density at radius 2 is 1.73 bits per heavy atom.